The molecule has 76 valence electrons. The van der Waals surface area contributed by atoms with Crippen LogP contribution in [0.25, 0.3) is 0 Å². The van der Waals surface area contributed by atoms with Crippen LogP contribution in [-0.4, -0.2) is 16.4 Å². The minimum absolute atomic E-state index is 0.0416. The van der Waals surface area contributed by atoms with Crippen LogP contribution in [0.2, 0.25) is 5.02 Å². The first kappa shape index (κ1) is 11.1. The van der Waals surface area contributed by atoms with Crippen LogP contribution in [0.15, 0.2) is 18.2 Å². The highest BCUT2D eigenvalue weighted by Gasteiger charge is 2.11. The quantitative estimate of drug-likeness (QED) is 0.610. The number of hydrogen-bond donors (Lipinski definition) is 2. The van der Waals surface area contributed by atoms with E-state index in [1.54, 1.807) is 6.92 Å². The number of phenols is 1. The Morgan fingerprint density at radius 2 is 2.21 bits per heavy atom. The van der Waals surface area contributed by atoms with E-state index >= 15 is 0 Å². The molecule has 1 atom stereocenters. The first-order chi connectivity index (χ1) is 6.50. The van der Waals surface area contributed by atoms with E-state index in [-0.39, 0.29) is 17.3 Å². The van der Waals surface area contributed by atoms with Gasteiger partial charge in [0, 0.05) is 5.02 Å². The summed E-state index contributed by atoms with van der Waals surface area (Å²) in [6, 6.07) is 4.38. The van der Waals surface area contributed by atoms with E-state index in [1.165, 1.54) is 18.2 Å². The minimum Gasteiger partial charge on any atom is -0.506 e. The van der Waals surface area contributed by atoms with E-state index < -0.39 is 5.38 Å². The summed E-state index contributed by atoms with van der Waals surface area (Å²) in [5.74, 6) is -0.427. The van der Waals surface area contributed by atoms with Crippen molar-refractivity contribution < 1.29 is 9.90 Å². The minimum atomic E-state index is -0.659. The molecule has 0 spiro atoms. The summed E-state index contributed by atoms with van der Waals surface area (Å²) in [6.07, 6.45) is 0. The summed E-state index contributed by atoms with van der Waals surface area (Å²) >= 11 is 11.2. The molecule has 1 amide bonds. The third-order valence-electron chi connectivity index (χ3n) is 1.58. The molecule has 0 aliphatic rings. The highest BCUT2D eigenvalue weighted by molar-refractivity contribution is 6.33. The maximum absolute atomic E-state index is 11.2. The summed E-state index contributed by atoms with van der Waals surface area (Å²) in [4.78, 5) is 11.2. The Bertz CT molecular complexity index is 353. The van der Waals surface area contributed by atoms with Crippen LogP contribution < -0.4 is 5.32 Å². The Morgan fingerprint density at radius 1 is 1.57 bits per heavy atom. The van der Waals surface area contributed by atoms with Gasteiger partial charge < -0.3 is 10.4 Å². The largest absolute Gasteiger partial charge is 0.506 e. The molecule has 0 radical (unpaired) electrons. The van der Waals surface area contributed by atoms with E-state index in [0.29, 0.717) is 5.02 Å². The second kappa shape index (κ2) is 4.53. The van der Waals surface area contributed by atoms with Crippen molar-refractivity contribution in [3.63, 3.8) is 0 Å². The summed E-state index contributed by atoms with van der Waals surface area (Å²) in [5, 5.41) is 11.6. The number of carbonyl (C=O) groups excluding carboxylic acids is 1. The van der Waals surface area contributed by atoms with Gasteiger partial charge in [-0.15, -0.1) is 11.6 Å². The number of aromatic hydroxyl groups is 1. The number of hydrogen-bond acceptors (Lipinski definition) is 2. The lowest BCUT2D eigenvalue weighted by Crippen LogP contribution is -2.20. The summed E-state index contributed by atoms with van der Waals surface area (Å²) < 4.78 is 0. The molecule has 0 saturated heterocycles. The molecule has 0 aliphatic heterocycles. The number of halogens is 2. The van der Waals surface area contributed by atoms with E-state index in [9.17, 15) is 9.90 Å². The van der Waals surface area contributed by atoms with Gasteiger partial charge in [-0.3, -0.25) is 4.79 Å². The lowest BCUT2D eigenvalue weighted by atomic mass is 10.3. The summed E-state index contributed by atoms with van der Waals surface area (Å²) in [6.45, 7) is 1.54. The van der Waals surface area contributed by atoms with Crippen molar-refractivity contribution in [2.45, 2.75) is 12.3 Å². The molecule has 3 nitrogen and oxygen atoms in total. The fourth-order valence-electron chi connectivity index (χ4n) is 0.841. The van der Waals surface area contributed by atoms with Gasteiger partial charge in [-0.05, 0) is 25.1 Å². The molecule has 14 heavy (non-hydrogen) atoms. The third-order valence-corrected chi connectivity index (χ3v) is 2.01. The Hall–Kier alpha value is -0.930. The molecule has 0 bridgehead atoms. The van der Waals surface area contributed by atoms with Crippen LogP contribution in [0.4, 0.5) is 5.69 Å². The first-order valence-corrected chi connectivity index (χ1v) is 4.75. The highest BCUT2D eigenvalue weighted by Crippen LogP contribution is 2.26. The molecule has 0 heterocycles. The molecule has 0 aliphatic carbocycles. The molecule has 1 rings (SSSR count). The molecular formula is C9H9Cl2NO2. The van der Waals surface area contributed by atoms with Crippen molar-refractivity contribution in [1.29, 1.82) is 0 Å². The van der Waals surface area contributed by atoms with Crippen molar-refractivity contribution in [2.24, 2.45) is 0 Å². The van der Waals surface area contributed by atoms with Crippen LogP contribution in [0.1, 0.15) is 6.92 Å². The van der Waals surface area contributed by atoms with Gasteiger partial charge >= 0.3 is 0 Å². The zero-order valence-corrected chi connectivity index (χ0v) is 8.93. The normalized spacial score (nSPS) is 12.2. The predicted octanol–water partition coefficient (Wildman–Crippen LogP) is 2.61. The number of alkyl halides is 1. The Morgan fingerprint density at radius 3 is 2.79 bits per heavy atom. The van der Waals surface area contributed by atoms with Gasteiger partial charge in [0.05, 0.1) is 5.69 Å². The van der Waals surface area contributed by atoms with E-state index in [4.69, 9.17) is 23.2 Å². The summed E-state index contributed by atoms with van der Waals surface area (Å²) in [5.41, 5.74) is 0.259. The Labute approximate surface area is 91.6 Å². The van der Waals surface area contributed by atoms with Crippen molar-refractivity contribution in [2.75, 3.05) is 5.32 Å². The standard InChI is InChI=1S/C9H9Cl2NO2/c1-5(10)9(14)12-7-4-6(11)2-3-8(7)13/h2-5,13H,1H3,(H,12,14). The van der Waals surface area contributed by atoms with Gasteiger partial charge in [-0.1, -0.05) is 11.6 Å². The molecule has 1 aromatic rings. The van der Waals surface area contributed by atoms with Gasteiger partial charge in [0.1, 0.15) is 11.1 Å². The smallest absolute Gasteiger partial charge is 0.242 e. The number of nitrogens with one attached hydrogen (secondary N) is 1. The lowest BCUT2D eigenvalue weighted by Gasteiger charge is -2.08. The average molecular weight is 234 g/mol. The SMILES string of the molecule is CC(Cl)C(=O)Nc1cc(Cl)ccc1O. The van der Waals surface area contributed by atoms with Crippen molar-refractivity contribution in [3.05, 3.63) is 23.2 Å². The van der Waals surface area contributed by atoms with Crippen LogP contribution >= 0.6 is 23.2 Å². The lowest BCUT2D eigenvalue weighted by molar-refractivity contribution is -0.115. The second-order valence-electron chi connectivity index (χ2n) is 2.77. The maximum Gasteiger partial charge on any atom is 0.242 e. The first-order valence-electron chi connectivity index (χ1n) is 3.94. The van der Waals surface area contributed by atoms with Gasteiger partial charge in [-0.25, -0.2) is 0 Å². The fourth-order valence-corrected chi connectivity index (χ4v) is 1.07. The number of rotatable bonds is 2. The topological polar surface area (TPSA) is 49.3 Å². The molecular weight excluding hydrogens is 225 g/mol. The van der Waals surface area contributed by atoms with Gasteiger partial charge in [-0.2, -0.15) is 0 Å². The van der Waals surface area contributed by atoms with Gasteiger partial charge in [0.2, 0.25) is 5.91 Å². The van der Waals surface area contributed by atoms with E-state index in [2.05, 4.69) is 5.32 Å². The van der Waals surface area contributed by atoms with Crippen LogP contribution in [-0.2, 0) is 4.79 Å². The van der Waals surface area contributed by atoms with Crippen molar-refractivity contribution >= 4 is 34.8 Å². The third kappa shape index (κ3) is 2.79. The molecule has 1 aromatic carbocycles. The molecule has 0 fully saturated rings. The average Bonchev–Trinajstić information content (AvgIpc) is 2.11. The molecule has 0 aromatic heterocycles. The number of phenolic OH excluding ortho intramolecular Hbond substituents is 1. The monoisotopic (exact) mass is 233 g/mol. The second-order valence-corrected chi connectivity index (χ2v) is 3.86. The Balaban J connectivity index is 2.86. The fraction of sp³-hybridized carbons (Fsp3) is 0.222. The number of benzene rings is 1. The van der Waals surface area contributed by atoms with Crippen molar-refractivity contribution in [1.82, 2.24) is 0 Å². The van der Waals surface area contributed by atoms with E-state index in [1.807, 2.05) is 0 Å². The zero-order chi connectivity index (χ0) is 10.7. The zero-order valence-electron chi connectivity index (χ0n) is 7.42. The highest BCUT2D eigenvalue weighted by atomic mass is 35.5. The molecule has 1 unspecified atom stereocenters. The number of anilines is 1. The number of carbonyl (C=O) groups is 1. The Kier molecular flexibility index (Phi) is 3.61. The van der Waals surface area contributed by atoms with E-state index in [0.717, 1.165) is 0 Å². The summed E-state index contributed by atoms with van der Waals surface area (Å²) in [7, 11) is 0. The predicted molar refractivity (Wildman–Crippen MR) is 57.1 cm³/mol. The van der Waals surface area contributed by atoms with Gasteiger partial charge in [0.25, 0.3) is 0 Å². The van der Waals surface area contributed by atoms with Crippen LogP contribution in [0.3, 0.4) is 0 Å². The number of amides is 1. The molecule has 2 N–H and O–H groups in total. The maximum atomic E-state index is 11.2. The molecule has 0 saturated carbocycles. The van der Waals surface area contributed by atoms with Gasteiger partial charge in [0.15, 0.2) is 0 Å². The molecule has 5 heteroatoms. The van der Waals surface area contributed by atoms with Crippen molar-refractivity contribution in [3.8, 4) is 5.75 Å². The van der Waals surface area contributed by atoms with Crippen LogP contribution in [0.5, 0.6) is 5.75 Å². The van der Waals surface area contributed by atoms with Crippen LogP contribution in [0, 0.1) is 0 Å².